The van der Waals surface area contributed by atoms with E-state index in [9.17, 15) is 14.4 Å². The number of amides is 1. The maximum absolute atomic E-state index is 13.9. The standard InChI is InChI=1S/C63H107NO5/c1-4-7-10-13-16-19-22-25-28-31-34-37-40-43-49-54-61(65)64(59-52-47-46-48-53-59)57-60(69-63(67)56-51-45-42-39-36-33-30-27-24-21-18-15-12-9-6-3)58-68-62(66)55-50-44-41-38-35-32-29-26-23-20-17-14-11-8-5-2/h17,20,25-30,46-48,52-53,60H,4-16,18-19,21-24,31-45,49-51,54-58H2,1-3H3/t60-/m0/s1. The maximum Gasteiger partial charge on any atom is 0.306 e. The van der Waals surface area contributed by atoms with Crippen LogP contribution in [0.1, 0.15) is 278 Å². The van der Waals surface area contributed by atoms with Crippen molar-refractivity contribution in [1.82, 2.24) is 0 Å². The van der Waals surface area contributed by atoms with E-state index in [2.05, 4.69) is 69.4 Å². The number of esters is 2. The molecule has 1 aromatic carbocycles. The summed E-state index contributed by atoms with van der Waals surface area (Å²) in [5.41, 5.74) is 0.769. The SMILES string of the molecule is CCCCCC=CCC=CCCCCCCCC(=O)OC[C@H](CN(C(=O)CCCCCCCC=CCCCCCCCC)c1ccccc1)OC(=O)CCCCCCCC=CCCCCCCCC. The molecular weight excluding hydrogens is 851 g/mol. The first-order valence-corrected chi connectivity index (χ1v) is 29.3. The number of hydrogen-bond acceptors (Lipinski definition) is 5. The van der Waals surface area contributed by atoms with Gasteiger partial charge in [-0.3, -0.25) is 14.4 Å². The van der Waals surface area contributed by atoms with Gasteiger partial charge in [0.1, 0.15) is 6.61 Å². The smallest absolute Gasteiger partial charge is 0.306 e. The highest BCUT2D eigenvalue weighted by molar-refractivity contribution is 5.93. The third-order valence-electron chi connectivity index (χ3n) is 13.1. The molecule has 0 spiro atoms. The Kier molecular flexibility index (Phi) is 47.0. The highest BCUT2D eigenvalue weighted by Crippen LogP contribution is 2.20. The molecule has 1 rings (SSSR count). The predicted molar refractivity (Wildman–Crippen MR) is 298 cm³/mol. The average Bonchev–Trinajstić information content (AvgIpc) is 3.36. The lowest BCUT2D eigenvalue weighted by atomic mass is 10.1. The molecule has 394 valence electrons. The van der Waals surface area contributed by atoms with Crippen LogP contribution in [0.15, 0.2) is 78.9 Å². The van der Waals surface area contributed by atoms with E-state index in [-0.39, 0.29) is 31.0 Å². The monoisotopic (exact) mass is 958 g/mol. The first-order valence-electron chi connectivity index (χ1n) is 29.3. The zero-order chi connectivity index (χ0) is 49.8. The van der Waals surface area contributed by atoms with Crippen LogP contribution >= 0.6 is 0 Å². The van der Waals surface area contributed by atoms with Gasteiger partial charge in [-0.25, -0.2) is 0 Å². The summed E-state index contributed by atoms with van der Waals surface area (Å²) in [4.78, 5) is 41.9. The molecule has 6 heteroatoms. The van der Waals surface area contributed by atoms with Gasteiger partial charge in [0.25, 0.3) is 0 Å². The van der Waals surface area contributed by atoms with Crippen molar-refractivity contribution in [3.8, 4) is 0 Å². The van der Waals surface area contributed by atoms with Crippen LogP contribution in [-0.4, -0.2) is 37.1 Å². The number of allylic oxidation sites excluding steroid dienone is 8. The molecule has 0 saturated heterocycles. The molecule has 0 aliphatic heterocycles. The molecule has 0 bridgehead atoms. The second-order valence-corrected chi connectivity index (χ2v) is 19.8. The highest BCUT2D eigenvalue weighted by Gasteiger charge is 2.25. The number of rotatable bonds is 50. The van der Waals surface area contributed by atoms with Crippen molar-refractivity contribution in [3.05, 3.63) is 78.9 Å². The Hall–Kier alpha value is -3.41. The Morgan fingerprint density at radius 2 is 0.768 bits per heavy atom. The molecule has 0 aliphatic carbocycles. The van der Waals surface area contributed by atoms with Gasteiger partial charge in [0.15, 0.2) is 6.10 Å². The summed E-state index contributed by atoms with van der Waals surface area (Å²) in [5.74, 6) is -0.557. The van der Waals surface area contributed by atoms with Crippen LogP contribution in [-0.2, 0) is 23.9 Å². The second-order valence-electron chi connectivity index (χ2n) is 19.8. The quantitative estimate of drug-likeness (QED) is 0.0370. The van der Waals surface area contributed by atoms with Crippen LogP contribution < -0.4 is 4.90 Å². The molecule has 0 saturated carbocycles. The molecule has 1 amide bonds. The third kappa shape index (κ3) is 43.1. The van der Waals surface area contributed by atoms with Crippen molar-refractivity contribution in [1.29, 1.82) is 0 Å². The minimum Gasteiger partial charge on any atom is -0.462 e. The first-order chi connectivity index (χ1) is 34.0. The van der Waals surface area contributed by atoms with Crippen molar-refractivity contribution in [2.75, 3.05) is 18.1 Å². The number of carbonyl (C=O) groups is 3. The van der Waals surface area contributed by atoms with Crippen LogP contribution in [0.4, 0.5) is 5.69 Å². The van der Waals surface area contributed by atoms with Gasteiger partial charge in [0, 0.05) is 24.9 Å². The van der Waals surface area contributed by atoms with Crippen LogP contribution in [0.5, 0.6) is 0 Å². The second kappa shape index (κ2) is 51.0. The number of benzene rings is 1. The normalized spacial score (nSPS) is 12.3. The molecule has 0 aliphatic rings. The van der Waals surface area contributed by atoms with Gasteiger partial charge in [-0.1, -0.05) is 222 Å². The fourth-order valence-electron chi connectivity index (χ4n) is 8.69. The number of para-hydroxylation sites is 1. The largest absolute Gasteiger partial charge is 0.462 e. The van der Waals surface area contributed by atoms with Gasteiger partial charge in [0.2, 0.25) is 5.91 Å². The Labute approximate surface area is 426 Å². The Morgan fingerprint density at radius 1 is 0.420 bits per heavy atom. The highest BCUT2D eigenvalue weighted by atomic mass is 16.6. The van der Waals surface area contributed by atoms with E-state index in [0.717, 1.165) is 102 Å². The van der Waals surface area contributed by atoms with Crippen molar-refractivity contribution in [2.24, 2.45) is 0 Å². The fraction of sp³-hybridized carbons (Fsp3) is 0.730. The van der Waals surface area contributed by atoms with Gasteiger partial charge >= 0.3 is 11.9 Å². The van der Waals surface area contributed by atoms with Crippen molar-refractivity contribution in [3.63, 3.8) is 0 Å². The molecule has 6 nitrogen and oxygen atoms in total. The predicted octanol–water partition coefficient (Wildman–Crippen LogP) is 19.4. The molecular formula is C63H107NO5. The van der Waals surface area contributed by atoms with Crippen LogP contribution in [0.3, 0.4) is 0 Å². The number of anilines is 1. The molecule has 1 atom stereocenters. The van der Waals surface area contributed by atoms with Crippen molar-refractivity contribution in [2.45, 2.75) is 284 Å². The van der Waals surface area contributed by atoms with Crippen molar-refractivity contribution >= 4 is 23.5 Å². The molecule has 0 fully saturated rings. The zero-order valence-electron chi connectivity index (χ0n) is 45.3. The number of nitrogens with zero attached hydrogens (tertiary/aromatic N) is 1. The van der Waals surface area contributed by atoms with E-state index in [1.165, 1.54) is 141 Å². The summed E-state index contributed by atoms with van der Waals surface area (Å²) in [5, 5.41) is 0. The number of ether oxygens (including phenoxy) is 2. The van der Waals surface area contributed by atoms with E-state index >= 15 is 0 Å². The Balaban J connectivity index is 2.61. The van der Waals surface area contributed by atoms with E-state index in [1.807, 2.05) is 30.3 Å². The molecule has 0 heterocycles. The molecule has 0 N–H and O–H groups in total. The van der Waals surface area contributed by atoms with Crippen LogP contribution in [0, 0.1) is 0 Å². The Morgan fingerprint density at radius 3 is 1.22 bits per heavy atom. The minimum atomic E-state index is -0.743. The van der Waals surface area contributed by atoms with Crippen LogP contribution in [0.25, 0.3) is 0 Å². The minimum absolute atomic E-state index is 0.00795. The third-order valence-corrected chi connectivity index (χ3v) is 13.1. The summed E-state index contributed by atoms with van der Waals surface area (Å²) in [6.07, 6.45) is 62.5. The van der Waals surface area contributed by atoms with E-state index < -0.39 is 6.10 Å². The number of hydrogen-bond donors (Lipinski definition) is 0. The molecule has 0 aromatic heterocycles. The summed E-state index contributed by atoms with van der Waals surface area (Å²) < 4.78 is 11.8. The van der Waals surface area contributed by atoms with Crippen LogP contribution in [0.2, 0.25) is 0 Å². The summed E-state index contributed by atoms with van der Waals surface area (Å²) >= 11 is 0. The summed E-state index contributed by atoms with van der Waals surface area (Å²) in [6.45, 7) is 6.88. The lowest BCUT2D eigenvalue weighted by Crippen LogP contribution is -2.41. The van der Waals surface area contributed by atoms with E-state index in [1.54, 1.807) is 4.90 Å². The van der Waals surface area contributed by atoms with E-state index in [0.29, 0.717) is 19.3 Å². The molecule has 69 heavy (non-hydrogen) atoms. The van der Waals surface area contributed by atoms with Gasteiger partial charge in [-0.2, -0.15) is 0 Å². The Bertz CT molecular complexity index is 1420. The average molecular weight is 959 g/mol. The zero-order valence-corrected chi connectivity index (χ0v) is 45.3. The topological polar surface area (TPSA) is 72.9 Å². The number of carbonyl (C=O) groups excluding carboxylic acids is 3. The number of unbranched alkanes of at least 4 members (excludes halogenated alkanes) is 30. The lowest BCUT2D eigenvalue weighted by Gasteiger charge is -2.28. The van der Waals surface area contributed by atoms with Gasteiger partial charge < -0.3 is 14.4 Å². The summed E-state index contributed by atoms with van der Waals surface area (Å²) in [6, 6.07) is 9.65. The maximum atomic E-state index is 13.9. The van der Waals surface area contributed by atoms with Gasteiger partial charge in [-0.15, -0.1) is 0 Å². The van der Waals surface area contributed by atoms with Gasteiger partial charge in [0.05, 0.1) is 6.54 Å². The molecule has 0 radical (unpaired) electrons. The van der Waals surface area contributed by atoms with E-state index in [4.69, 9.17) is 9.47 Å². The lowest BCUT2D eigenvalue weighted by molar-refractivity contribution is -0.158. The first kappa shape index (κ1) is 63.6. The molecule has 0 unspecified atom stereocenters. The molecule has 1 aromatic rings. The fourth-order valence-corrected chi connectivity index (χ4v) is 8.69. The van der Waals surface area contributed by atoms with Crippen molar-refractivity contribution < 1.29 is 23.9 Å². The van der Waals surface area contributed by atoms with Gasteiger partial charge in [-0.05, 0) is 115 Å². The summed E-state index contributed by atoms with van der Waals surface area (Å²) in [7, 11) is 0.